The van der Waals surface area contributed by atoms with Crippen molar-refractivity contribution in [3.05, 3.63) is 23.3 Å². The van der Waals surface area contributed by atoms with Crippen LogP contribution in [0.4, 0.5) is 4.79 Å². The third-order valence-electron chi connectivity index (χ3n) is 2.26. The zero-order valence-electron chi connectivity index (χ0n) is 9.46. The van der Waals surface area contributed by atoms with Crippen LogP contribution in [0.15, 0.2) is 12.1 Å². The van der Waals surface area contributed by atoms with E-state index in [1.165, 1.54) is 0 Å². The Hall–Kier alpha value is -1.23. The number of carbonyl (C=O) groups is 1. The molecule has 0 fully saturated rings. The minimum Gasteiger partial charge on any atom is -0.493 e. The van der Waals surface area contributed by atoms with Crippen LogP contribution >= 0.6 is 15.9 Å². The standard InChI is InChI=1S/C11H14BrNO3/c1-7-4-9(15-2)10(16-3)5-8(7)6-13-11(12)14/h4-5H,6H2,1-3H3,(H,13,14). The summed E-state index contributed by atoms with van der Waals surface area (Å²) in [6.07, 6.45) is 0. The van der Waals surface area contributed by atoms with Crippen molar-refractivity contribution in [1.82, 2.24) is 5.32 Å². The maximum absolute atomic E-state index is 10.8. The molecule has 0 heterocycles. The molecule has 1 aromatic rings. The number of nitrogens with one attached hydrogen (secondary N) is 1. The van der Waals surface area contributed by atoms with Gasteiger partial charge < -0.3 is 14.8 Å². The summed E-state index contributed by atoms with van der Waals surface area (Å²) in [5, 5.41) is 2.67. The number of aryl methyl sites for hydroxylation is 1. The number of hydrogen-bond acceptors (Lipinski definition) is 3. The van der Waals surface area contributed by atoms with Gasteiger partial charge in [-0.1, -0.05) is 0 Å². The minimum atomic E-state index is -0.235. The average Bonchev–Trinajstić information content (AvgIpc) is 2.26. The molecule has 0 aliphatic heterocycles. The zero-order chi connectivity index (χ0) is 12.1. The van der Waals surface area contributed by atoms with Crippen molar-refractivity contribution in [1.29, 1.82) is 0 Å². The number of ether oxygens (including phenoxy) is 2. The number of amides is 1. The van der Waals surface area contributed by atoms with E-state index in [1.807, 2.05) is 19.1 Å². The second kappa shape index (κ2) is 5.75. The summed E-state index contributed by atoms with van der Waals surface area (Å²) in [7, 11) is 3.18. The van der Waals surface area contributed by atoms with E-state index in [0.29, 0.717) is 18.0 Å². The zero-order valence-corrected chi connectivity index (χ0v) is 11.1. The van der Waals surface area contributed by atoms with Crippen molar-refractivity contribution >= 4 is 20.7 Å². The van der Waals surface area contributed by atoms with Crippen LogP contribution in [0.5, 0.6) is 11.5 Å². The highest BCUT2D eigenvalue weighted by molar-refractivity contribution is 9.18. The monoisotopic (exact) mass is 287 g/mol. The number of carbonyl (C=O) groups excluding carboxylic acids is 1. The normalized spacial score (nSPS) is 9.75. The Balaban J connectivity index is 2.96. The summed E-state index contributed by atoms with van der Waals surface area (Å²) in [5.41, 5.74) is 2.03. The summed E-state index contributed by atoms with van der Waals surface area (Å²) >= 11 is 2.81. The highest BCUT2D eigenvalue weighted by atomic mass is 79.9. The molecule has 0 aromatic heterocycles. The maximum Gasteiger partial charge on any atom is 0.287 e. The Morgan fingerprint density at radius 2 is 1.88 bits per heavy atom. The van der Waals surface area contributed by atoms with Crippen molar-refractivity contribution in [2.75, 3.05) is 14.2 Å². The molecule has 1 N–H and O–H groups in total. The third kappa shape index (κ3) is 3.13. The fraction of sp³-hybridized carbons (Fsp3) is 0.364. The van der Waals surface area contributed by atoms with Crippen LogP contribution in [-0.2, 0) is 6.54 Å². The fourth-order valence-corrected chi connectivity index (χ4v) is 1.52. The SMILES string of the molecule is COc1cc(C)c(CNC(=O)Br)cc1OC. The first-order chi connectivity index (χ1) is 7.58. The van der Waals surface area contributed by atoms with Crippen LogP contribution in [0.25, 0.3) is 0 Å². The maximum atomic E-state index is 10.8. The van der Waals surface area contributed by atoms with Gasteiger partial charge in [0, 0.05) is 22.5 Å². The molecule has 88 valence electrons. The predicted octanol–water partition coefficient (Wildman–Crippen LogP) is 2.62. The van der Waals surface area contributed by atoms with E-state index in [1.54, 1.807) is 14.2 Å². The van der Waals surface area contributed by atoms with E-state index in [0.717, 1.165) is 11.1 Å². The van der Waals surface area contributed by atoms with E-state index in [2.05, 4.69) is 21.2 Å². The molecule has 0 bridgehead atoms. The molecular formula is C11H14BrNO3. The molecule has 0 radical (unpaired) electrons. The Labute approximate surface area is 103 Å². The molecule has 0 saturated carbocycles. The van der Waals surface area contributed by atoms with Crippen molar-refractivity contribution in [2.24, 2.45) is 0 Å². The Morgan fingerprint density at radius 1 is 1.31 bits per heavy atom. The van der Waals surface area contributed by atoms with Crippen molar-refractivity contribution in [2.45, 2.75) is 13.5 Å². The first-order valence-electron chi connectivity index (χ1n) is 4.73. The minimum absolute atomic E-state index is 0.235. The molecule has 0 unspecified atom stereocenters. The van der Waals surface area contributed by atoms with Crippen molar-refractivity contribution < 1.29 is 14.3 Å². The molecular weight excluding hydrogens is 274 g/mol. The van der Waals surface area contributed by atoms with Gasteiger partial charge in [0.15, 0.2) is 11.5 Å². The van der Waals surface area contributed by atoms with E-state index >= 15 is 0 Å². The summed E-state index contributed by atoms with van der Waals surface area (Å²) in [4.78, 5) is 10.5. The lowest BCUT2D eigenvalue weighted by atomic mass is 10.1. The molecule has 1 amide bonds. The number of halogens is 1. The molecule has 0 spiro atoms. The third-order valence-corrected chi connectivity index (χ3v) is 2.54. The fourth-order valence-electron chi connectivity index (χ4n) is 1.38. The van der Waals surface area contributed by atoms with Crippen molar-refractivity contribution in [3.8, 4) is 11.5 Å². The molecule has 5 heteroatoms. The molecule has 16 heavy (non-hydrogen) atoms. The summed E-state index contributed by atoms with van der Waals surface area (Å²) < 4.78 is 10.4. The lowest BCUT2D eigenvalue weighted by Crippen LogP contribution is -2.15. The summed E-state index contributed by atoms with van der Waals surface area (Å²) in [6, 6.07) is 3.74. The highest BCUT2D eigenvalue weighted by Gasteiger charge is 2.08. The largest absolute Gasteiger partial charge is 0.493 e. The van der Waals surface area contributed by atoms with E-state index in [4.69, 9.17) is 9.47 Å². The van der Waals surface area contributed by atoms with Crippen LogP contribution in [0.3, 0.4) is 0 Å². The van der Waals surface area contributed by atoms with Gasteiger partial charge in [-0.05, 0) is 30.2 Å². The molecule has 0 aliphatic carbocycles. The number of hydrogen-bond donors (Lipinski definition) is 1. The highest BCUT2D eigenvalue weighted by Crippen LogP contribution is 2.30. The second-order valence-corrected chi connectivity index (χ2v) is 3.98. The smallest absolute Gasteiger partial charge is 0.287 e. The van der Waals surface area contributed by atoms with Crippen LogP contribution < -0.4 is 14.8 Å². The van der Waals surface area contributed by atoms with Gasteiger partial charge in [-0.25, -0.2) is 0 Å². The first kappa shape index (κ1) is 12.8. The van der Waals surface area contributed by atoms with Gasteiger partial charge in [0.2, 0.25) is 0 Å². The van der Waals surface area contributed by atoms with E-state index in [-0.39, 0.29) is 4.82 Å². The number of methoxy groups -OCH3 is 2. The van der Waals surface area contributed by atoms with Crippen molar-refractivity contribution in [3.63, 3.8) is 0 Å². The first-order valence-corrected chi connectivity index (χ1v) is 5.52. The van der Waals surface area contributed by atoms with Gasteiger partial charge in [-0.2, -0.15) is 0 Å². The molecule has 0 aliphatic rings. The number of rotatable bonds is 4. The average molecular weight is 288 g/mol. The molecule has 1 rings (SSSR count). The molecule has 0 saturated heterocycles. The summed E-state index contributed by atoms with van der Waals surface area (Å²) in [5.74, 6) is 1.35. The molecule has 1 aromatic carbocycles. The Kier molecular flexibility index (Phi) is 4.61. The van der Waals surface area contributed by atoms with Gasteiger partial charge >= 0.3 is 0 Å². The molecule has 4 nitrogen and oxygen atoms in total. The van der Waals surface area contributed by atoms with Crippen LogP contribution in [-0.4, -0.2) is 19.0 Å². The van der Waals surface area contributed by atoms with E-state index < -0.39 is 0 Å². The topological polar surface area (TPSA) is 47.6 Å². The Morgan fingerprint density at radius 3 is 2.38 bits per heavy atom. The predicted molar refractivity (Wildman–Crippen MR) is 65.4 cm³/mol. The van der Waals surface area contributed by atoms with Gasteiger partial charge in [-0.15, -0.1) is 0 Å². The van der Waals surface area contributed by atoms with Crippen LogP contribution in [0.2, 0.25) is 0 Å². The quantitative estimate of drug-likeness (QED) is 0.684. The second-order valence-electron chi connectivity index (χ2n) is 3.26. The lowest BCUT2D eigenvalue weighted by molar-refractivity contribution is 0.261. The van der Waals surface area contributed by atoms with Gasteiger partial charge in [0.25, 0.3) is 4.82 Å². The lowest BCUT2D eigenvalue weighted by Gasteiger charge is -2.12. The van der Waals surface area contributed by atoms with Gasteiger partial charge in [-0.3, -0.25) is 4.79 Å². The van der Waals surface area contributed by atoms with E-state index in [9.17, 15) is 4.79 Å². The Bertz CT molecular complexity index is 393. The van der Waals surface area contributed by atoms with Crippen LogP contribution in [0, 0.1) is 6.92 Å². The van der Waals surface area contributed by atoms with Gasteiger partial charge in [0.1, 0.15) is 0 Å². The van der Waals surface area contributed by atoms with Crippen LogP contribution in [0.1, 0.15) is 11.1 Å². The molecule has 0 atom stereocenters. The number of benzene rings is 1. The summed E-state index contributed by atoms with van der Waals surface area (Å²) in [6.45, 7) is 2.41. The van der Waals surface area contributed by atoms with Gasteiger partial charge in [0.05, 0.1) is 14.2 Å².